The van der Waals surface area contributed by atoms with E-state index in [1.54, 1.807) is 0 Å². The van der Waals surface area contributed by atoms with Crippen molar-refractivity contribution in [3.8, 4) is 0 Å². The molecule has 4 aliphatic rings. The van der Waals surface area contributed by atoms with Crippen molar-refractivity contribution in [2.45, 2.75) is 119 Å². The third-order valence-corrected chi connectivity index (χ3v) is 11.1. The Morgan fingerprint density at radius 1 is 0.479 bits per heavy atom. The lowest BCUT2D eigenvalue weighted by Crippen LogP contribution is -1.97. The number of fused-ring (bicyclic) bond motifs is 4. The first-order chi connectivity index (χ1) is 22.8. The van der Waals surface area contributed by atoms with E-state index in [0.717, 1.165) is 55.2 Å². The van der Waals surface area contributed by atoms with Crippen LogP contribution in [-0.4, -0.2) is 21.8 Å². The minimum atomic E-state index is -0.209. The molecule has 0 radical (unpaired) electrons. The molecule has 0 aliphatic heterocycles. The summed E-state index contributed by atoms with van der Waals surface area (Å²) in [5.74, 6) is 0.638. The highest BCUT2D eigenvalue weighted by Gasteiger charge is 2.24. The van der Waals surface area contributed by atoms with E-state index in [-0.39, 0.29) is 12.2 Å². The maximum atomic E-state index is 11.4. The Kier molecular flexibility index (Phi) is 10.9. The van der Waals surface area contributed by atoms with Gasteiger partial charge in [-0.3, -0.25) is 9.59 Å². The summed E-state index contributed by atoms with van der Waals surface area (Å²) in [4.78, 5) is 22.8. The van der Waals surface area contributed by atoms with Gasteiger partial charge in [0, 0.05) is 24.0 Å². The molecule has 4 aromatic rings. The van der Waals surface area contributed by atoms with Crippen LogP contribution in [0.4, 0.5) is 0 Å². The third kappa shape index (κ3) is 7.41. The van der Waals surface area contributed by atoms with Gasteiger partial charge in [-0.2, -0.15) is 0 Å². The molecular weight excluding hydrogens is 592 g/mol. The predicted octanol–water partition coefficient (Wildman–Crippen LogP) is 9.43. The number of carbonyl (C=O) groups excluding carboxylic acids is 2. The summed E-state index contributed by atoms with van der Waals surface area (Å²) in [5, 5.41) is 19.3. The van der Waals surface area contributed by atoms with Crippen LogP contribution in [0.3, 0.4) is 0 Å². The van der Waals surface area contributed by atoms with E-state index >= 15 is 0 Å². The van der Waals surface area contributed by atoms with Crippen molar-refractivity contribution in [1.29, 1.82) is 0 Å². The van der Waals surface area contributed by atoms with Crippen LogP contribution in [0.15, 0.2) is 48.5 Å². The monoisotopic (exact) mass is 644 g/mol. The lowest BCUT2D eigenvalue weighted by Gasteiger charge is -2.10. The van der Waals surface area contributed by atoms with Crippen molar-refractivity contribution in [2.24, 2.45) is 0 Å². The average molecular weight is 645 g/mol. The van der Waals surface area contributed by atoms with E-state index in [1.165, 1.54) is 72.3 Å². The van der Waals surface area contributed by atoms with Crippen molar-refractivity contribution in [1.82, 2.24) is 0 Å². The Bertz CT molecular complexity index is 1880. The van der Waals surface area contributed by atoms with Crippen LogP contribution in [0.5, 0.6) is 0 Å². The van der Waals surface area contributed by atoms with Crippen LogP contribution in [0.2, 0.25) is 0 Å². The molecular formula is C44H52O4. The molecule has 0 aromatic heterocycles. The quantitative estimate of drug-likeness (QED) is 0.200. The van der Waals surface area contributed by atoms with Crippen molar-refractivity contribution in [3.63, 3.8) is 0 Å². The average Bonchev–Trinajstić information content (AvgIpc) is 3.82. The smallest absolute Gasteiger partial charge is 0.163 e. The molecule has 48 heavy (non-hydrogen) atoms. The number of hydrogen-bond acceptors (Lipinski definition) is 4. The predicted molar refractivity (Wildman–Crippen MR) is 196 cm³/mol. The standard InChI is InChI=1S/C11H14O.C11H12O.C11H14O.C11H12O/c2*1-7-5-9-3-4-11(12)10(9)6-8(7)2;2*1-7-3-4-9-5-6-10(12)11(9)8(7)2/h5-6,11-12H,3-4H2,1-2H3;5-6H,3-4H2,1-2H3;3-4,10,12H,5-6H2,1-2H3;3-4H,5-6H2,1-2H3. The highest BCUT2D eigenvalue weighted by Crippen LogP contribution is 2.35. The summed E-state index contributed by atoms with van der Waals surface area (Å²) in [7, 11) is 0. The van der Waals surface area contributed by atoms with Crippen LogP contribution in [-0.2, 0) is 25.7 Å². The van der Waals surface area contributed by atoms with E-state index in [2.05, 4.69) is 90.9 Å². The van der Waals surface area contributed by atoms with Gasteiger partial charge < -0.3 is 10.2 Å². The number of benzene rings is 4. The number of aliphatic hydroxyl groups is 2. The number of carbonyl (C=O) groups is 2. The molecule has 0 amide bonds. The van der Waals surface area contributed by atoms with Gasteiger partial charge in [0.2, 0.25) is 0 Å². The van der Waals surface area contributed by atoms with Crippen molar-refractivity contribution >= 4 is 11.6 Å². The molecule has 0 saturated carbocycles. The maximum Gasteiger partial charge on any atom is 0.163 e. The first-order valence-corrected chi connectivity index (χ1v) is 17.6. The zero-order valence-electron chi connectivity index (χ0n) is 30.1. The Hall–Kier alpha value is -3.86. The first kappa shape index (κ1) is 35.4. The number of hydrogen-bond donors (Lipinski definition) is 2. The summed E-state index contributed by atoms with van der Waals surface area (Å²) in [5.41, 5.74) is 19.6. The van der Waals surface area contributed by atoms with E-state index < -0.39 is 0 Å². The molecule has 0 bridgehead atoms. The minimum Gasteiger partial charge on any atom is -0.388 e. The van der Waals surface area contributed by atoms with Gasteiger partial charge in [-0.1, -0.05) is 42.5 Å². The molecule has 252 valence electrons. The Labute approximate surface area is 287 Å². The van der Waals surface area contributed by atoms with Crippen LogP contribution in [0, 0.1) is 55.4 Å². The minimum absolute atomic E-state index is 0.208. The van der Waals surface area contributed by atoms with E-state index in [4.69, 9.17) is 0 Å². The van der Waals surface area contributed by atoms with Crippen LogP contribution >= 0.6 is 0 Å². The third-order valence-electron chi connectivity index (χ3n) is 11.1. The van der Waals surface area contributed by atoms with Gasteiger partial charge >= 0.3 is 0 Å². The molecule has 0 heterocycles. The lowest BCUT2D eigenvalue weighted by molar-refractivity contribution is 0.0986. The molecule has 0 spiro atoms. The second-order valence-corrected chi connectivity index (χ2v) is 14.3. The zero-order chi connectivity index (χ0) is 34.9. The fourth-order valence-electron chi connectivity index (χ4n) is 7.45. The van der Waals surface area contributed by atoms with E-state index in [0.29, 0.717) is 24.4 Å². The van der Waals surface area contributed by atoms with E-state index in [1.807, 2.05) is 13.0 Å². The molecule has 4 heteroatoms. The Balaban J connectivity index is 0.000000125. The molecule has 0 fully saturated rings. The van der Waals surface area contributed by atoms with Crippen molar-refractivity contribution < 1.29 is 19.8 Å². The molecule has 4 nitrogen and oxygen atoms in total. The van der Waals surface area contributed by atoms with Gasteiger partial charge in [-0.15, -0.1) is 0 Å². The van der Waals surface area contributed by atoms with Gasteiger partial charge in [0.1, 0.15) is 0 Å². The van der Waals surface area contributed by atoms with Gasteiger partial charge in [0.05, 0.1) is 12.2 Å². The molecule has 2 N–H and O–H groups in total. The summed E-state index contributed by atoms with van der Waals surface area (Å²) in [6.45, 7) is 16.7. The highest BCUT2D eigenvalue weighted by atomic mass is 16.3. The maximum absolute atomic E-state index is 11.4. The topological polar surface area (TPSA) is 74.6 Å². The zero-order valence-corrected chi connectivity index (χ0v) is 30.1. The SMILES string of the molecule is Cc1cc2c(cc1C)C(=O)CC2.Cc1cc2c(cc1C)C(O)CC2.Cc1ccc2c(c1C)C(=O)CC2.Cc1ccc2c(c1C)C(O)CC2. The Morgan fingerprint density at radius 3 is 1.71 bits per heavy atom. The van der Waals surface area contributed by atoms with E-state index in [9.17, 15) is 19.8 Å². The summed E-state index contributed by atoms with van der Waals surface area (Å²) in [6, 6.07) is 17.0. The van der Waals surface area contributed by atoms with Gasteiger partial charge in [0.15, 0.2) is 11.6 Å². The molecule has 0 saturated heterocycles. The normalized spacial score (nSPS) is 18.0. The fraction of sp³-hybridized carbons (Fsp3) is 0.409. The fourth-order valence-corrected chi connectivity index (χ4v) is 7.45. The first-order valence-electron chi connectivity index (χ1n) is 17.6. The summed E-state index contributed by atoms with van der Waals surface area (Å²) in [6.07, 6.45) is 6.76. The number of aliphatic hydroxyl groups excluding tert-OH is 2. The number of aryl methyl sites for hydroxylation is 10. The lowest BCUT2D eigenvalue weighted by atomic mass is 9.99. The van der Waals surface area contributed by atoms with Crippen LogP contribution in [0.25, 0.3) is 0 Å². The summed E-state index contributed by atoms with van der Waals surface area (Å²) < 4.78 is 0. The number of ketones is 2. The summed E-state index contributed by atoms with van der Waals surface area (Å²) >= 11 is 0. The van der Waals surface area contributed by atoms with Gasteiger partial charge in [0.25, 0.3) is 0 Å². The Morgan fingerprint density at radius 2 is 1.00 bits per heavy atom. The molecule has 8 rings (SSSR count). The second-order valence-electron chi connectivity index (χ2n) is 14.3. The van der Waals surface area contributed by atoms with Crippen LogP contribution < -0.4 is 0 Å². The van der Waals surface area contributed by atoms with Gasteiger partial charge in [-0.25, -0.2) is 0 Å². The van der Waals surface area contributed by atoms with Gasteiger partial charge in [-0.05, 0) is 178 Å². The van der Waals surface area contributed by atoms with Crippen molar-refractivity contribution in [2.75, 3.05) is 0 Å². The molecule has 2 unspecified atom stereocenters. The highest BCUT2D eigenvalue weighted by molar-refractivity contribution is 6.02. The number of rotatable bonds is 0. The molecule has 4 aromatic carbocycles. The van der Waals surface area contributed by atoms with Crippen molar-refractivity contribution in [3.05, 3.63) is 138 Å². The van der Waals surface area contributed by atoms with Crippen LogP contribution in [0.1, 0.15) is 136 Å². The molecule has 4 aliphatic carbocycles. The second kappa shape index (κ2) is 14.7. The largest absolute Gasteiger partial charge is 0.388 e. The molecule has 2 atom stereocenters. The number of Topliss-reactive ketones (excluding diaryl/α,β-unsaturated/α-hetero) is 2.